The summed E-state index contributed by atoms with van der Waals surface area (Å²) in [5, 5.41) is 3.69. The van der Waals surface area contributed by atoms with E-state index in [1.807, 2.05) is 24.3 Å². The summed E-state index contributed by atoms with van der Waals surface area (Å²) in [5.41, 5.74) is 1.36. The Labute approximate surface area is 167 Å². The number of carbonyl (C=O) groups is 2. The van der Waals surface area contributed by atoms with Crippen molar-refractivity contribution < 1.29 is 14.3 Å². The molecule has 27 heavy (non-hydrogen) atoms. The second-order valence-corrected chi connectivity index (χ2v) is 6.93. The highest BCUT2D eigenvalue weighted by Crippen LogP contribution is 2.27. The van der Waals surface area contributed by atoms with E-state index < -0.39 is 11.8 Å². The molecule has 1 N–H and O–H groups in total. The Balaban J connectivity index is 1.60. The average Bonchev–Trinajstić information content (AvgIpc) is 2.67. The molecule has 1 saturated heterocycles. The number of nitrogens with one attached hydrogen (secondary N) is 1. The predicted molar refractivity (Wildman–Crippen MR) is 107 cm³/mol. The van der Waals surface area contributed by atoms with Crippen LogP contribution in [0.2, 0.25) is 10.0 Å². The summed E-state index contributed by atoms with van der Waals surface area (Å²) in [4.78, 5) is 28.5. The van der Waals surface area contributed by atoms with E-state index in [0.717, 1.165) is 5.69 Å². The summed E-state index contributed by atoms with van der Waals surface area (Å²) in [7, 11) is 1.48. The van der Waals surface area contributed by atoms with Crippen molar-refractivity contribution in [2.24, 2.45) is 0 Å². The molecule has 2 aromatic rings. The third-order valence-corrected chi connectivity index (χ3v) is 4.81. The van der Waals surface area contributed by atoms with Gasteiger partial charge in [-0.3, -0.25) is 9.59 Å². The number of ether oxygens (including phenoxy) is 1. The third-order valence-electron chi connectivity index (χ3n) is 4.34. The fourth-order valence-electron chi connectivity index (χ4n) is 2.94. The first-order valence-electron chi connectivity index (χ1n) is 8.42. The zero-order valence-corrected chi connectivity index (χ0v) is 16.3. The van der Waals surface area contributed by atoms with Crippen LogP contribution in [-0.2, 0) is 9.59 Å². The van der Waals surface area contributed by atoms with Crippen LogP contribution in [0.1, 0.15) is 0 Å². The maximum atomic E-state index is 12.5. The monoisotopic (exact) mass is 407 g/mol. The fraction of sp³-hybridized carbons (Fsp3) is 0.263. The van der Waals surface area contributed by atoms with Crippen LogP contribution in [0, 0.1) is 0 Å². The number of hydrogen-bond donors (Lipinski definition) is 1. The van der Waals surface area contributed by atoms with Gasteiger partial charge in [0.25, 0.3) is 0 Å². The number of methoxy groups -OCH3 is 1. The van der Waals surface area contributed by atoms with Crippen molar-refractivity contribution in [3.8, 4) is 5.75 Å². The second kappa shape index (κ2) is 8.50. The highest BCUT2D eigenvalue weighted by Gasteiger charge is 2.26. The van der Waals surface area contributed by atoms with Gasteiger partial charge in [-0.2, -0.15) is 0 Å². The molecule has 0 atom stereocenters. The summed E-state index contributed by atoms with van der Waals surface area (Å²) >= 11 is 12.0. The van der Waals surface area contributed by atoms with E-state index in [1.54, 1.807) is 18.2 Å². The van der Waals surface area contributed by atoms with Crippen LogP contribution in [0.15, 0.2) is 42.5 Å². The summed E-state index contributed by atoms with van der Waals surface area (Å²) in [5.74, 6) is -0.860. The van der Waals surface area contributed by atoms with Gasteiger partial charge in [-0.05, 0) is 36.4 Å². The number of piperazine rings is 1. The number of benzene rings is 2. The van der Waals surface area contributed by atoms with Crippen molar-refractivity contribution in [3.63, 3.8) is 0 Å². The van der Waals surface area contributed by atoms with Crippen molar-refractivity contribution in [1.82, 2.24) is 4.90 Å². The Morgan fingerprint density at radius 2 is 1.70 bits per heavy atom. The van der Waals surface area contributed by atoms with Crippen molar-refractivity contribution >= 4 is 46.4 Å². The summed E-state index contributed by atoms with van der Waals surface area (Å²) in [6.45, 7) is 2.15. The van der Waals surface area contributed by atoms with Gasteiger partial charge in [-0.15, -0.1) is 0 Å². The van der Waals surface area contributed by atoms with Crippen molar-refractivity contribution in [2.45, 2.75) is 0 Å². The summed E-state index contributed by atoms with van der Waals surface area (Å²) < 4.78 is 5.18. The minimum atomic E-state index is -0.716. The molecular weight excluding hydrogens is 389 g/mol. The molecule has 0 radical (unpaired) electrons. The highest BCUT2D eigenvalue weighted by molar-refractivity contribution is 6.40. The largest absolute Gasteiger partial charge is 0.495 e. The lowest BCUT2D eigenvalue weighted by atomic mass is 10.2. The Kier molecular flexibility index (Phi) is 6.08. The molecule has 0 unspecified atom stereocenters. The lowest BCUT2D eigenvalue weighted by molar-refractivity contribution is -0.143. The van der Waals surface area contributed by atoms with Gasteiger partial charge < -0.3 is 19.9 Å². The van der Waals surface area contributed by atoms with Crippen molar-refractivity contribution in [3.05, 3.63) is 52.5 Å². The quantitative estimate of drug-likeness (QED) is 0.792. The van der Waals surface area contributed by atoms with Crippen LogP contribution in [-0.4, -0.2) is 50.0 Å². The highest BCUT2D eigenvalue weighted by atomic mass is 35.5. The first-order chi connectivity index (χ1) is 13.0. The molecule has 1 heterocycles. The van der Waals surface area contributed by atoms with E-state index in [9.17, 15) is 9.59 Å². The number of rotatable bonds is 3. The van der Waals surface area contributed by atoms with E-state index in [2.05, 4.69) is 10.2 Å². The molecule has 1 aliphatic heterocycles. The van der Waals surface area contributed by atoms with Crippen LogP contribution in [0.4, 0.5) is 11.4 Å². The number of hydrogen-bond acceptors (Lipinski definition) is 4. The van der Waals surface area contributed by atoms with E-state index in [4.69, 9.17) is 27.9 Å². The molecule has 2 amide bonds. The van der Waals surface area contributed by atoms with Crippen molar-refractivity contribution in [2.75, 3.05) is 43.5 Å². The molecule has 0 spiro atoms. The van der Waals surface area contributed by atoms with Gasteiger partial charge in [0.1, 0.15) is 5.75 Å². The Hall–Kier alpha value is -2.44. The maximum absolute atomic E-state index is 12.5. The van der Waals surface area contributed by atoms with Gasteiger partial charge in [0.05, 0.1) is 12.8 Å². The van der Waals surface area contributed by atoms with E-state index in [-0.39, 0.29) is 0 Å². The van der Waals surface area contributed by atoms with Crippen LogP contribution < -0.4 is 15.0 Å². The Morgan fingerprint density at radius 1 is 1.00 bits per heavy atom. The first-order valence-corrected chi connectivity index (χ1v) is 9.18. The Morgan fingerprint density at radius 3 is 2.37 bits per heavy atom. The SMILES string of the molecule is COc1ccc(Cl)cc1NC(=O)C(=O)N1CCN(c2cccc(Cl)c2)CC1. The smallest absolute Gasteiger partial charge is 0.314 e. The normalized spacial score (nSPS) is 14.0. The van der Waals surface area contributed by atoms with Gasteiger partial charge in [-0.1, -0.05) is 29.3 Å². The molecule has 0 aliphatic carbocycles. The third kappa shape index (κ3) is 4.64. The van der Waals surface area contributed by atoms with Gasteiger partial charge in [0, 0.05) is 41.9 Å². The molecule has 8 heteroatoms. The molecule has 6 nitrogen and oxygen atoms in total. The van der Waals surface area contributed by atoms with Crippen LogP contribution in [0.25, 0.3) is 0 Å². The maximum Gasteiger partial charge on any atom is 0.314 e. The van der Waals surface area contributed by atoms with Gasteiger partial charge in [0.2, 0.25) is 0 Å². The molecule has 1 aliphatic rings. The average molecular weight is 408 g/mol. The van der Waals surface area contributed by atoms with Crippen LogP contribution in [0.5, 0.6) is 5.75 Å². The standard InChI is InChI=1S/C19H19Cl2N3O3/c1-27-17-6-5-14(21)12-16(17)22-18(25)19(26)24-9-7-23(8-10-24)15-4-2-3-13(20)11-15/h2-6,11-12H,7-10H2,1H3,(H,22,25). The van der Waals surface area contributed by atoms with Crippen LogP contribution in [0.3, 0.4) is 0 Å². The number of nitrogens with zero attached hydrogens (tertiary/aromatic N) is 2. The lowest BCUT2D eigenvalue weighted by Gasteiger charge is -2.35. The van der Waals surface area contributed by atoms with E-state index in [0.29, 0.717) is 47.7 Å². The molecule has 0 saturated carbocycles. The molecule has 0 bridgehead atoms. The minimum Gasteiger partial charge on any atom is -0.495 e. The zero-order valence-electron chi connectivity index (χ0n) is 14.7. The molecule has 2 aromatic carbocycles. The molecular formula is C19H19Cl2N3O3. The molecule has 3 rings (SSSR count). The van der Waals surface area contributed by atoms with Gasteiger partial charge >= 0.3 is 11.8 Å². The number of halogens is 2. The minimum absolute atomic E-state index is 0.362. The number of anilines is 2. The summed E-state index contributed by atoms with van der Waals surface area (Å²) in [6, 6.07) is 12.4. The van der Waals surface area contributed by atoms with Crippen molar-refractivity contribution in [1.29, 1.82) is 0 Å². The topological polar surface area (TPSA) is 61.9 Å². The van der Waals surface area contributed by atoms with E-state index >= 15 is 0 Å². The number of amides is 2. The zero-order chi connectivity index (χ0) is 19.4. The molecule has 1 fully saturated rings. The van der Waals surface area contributed by atoms with Gasteiger partial charge in [0.15, 0.2) is 0 Å². The Bertz CT molecular complexity index is 852. The number of carbonyl (C=O) groups excluding carboxylic acids is 2. The van der Waals surface area contributed by atoms with Gasteiger partial charge in [-0.25, -0.2) is 0 Å². The van der Waals surface area contributed by atoms with Crippen LogP contribution >= 0.6 is 23.2 Å². The second-order valence-electron chi connectivity index (χ2n) is 6.06. The molecule has 0 aromatic heterocycles. The first kappa shape index (κ1) is 19.3. The predicted octanol–water partition coefficient (Wildman–Crippen LogP) is 3.29. The summed E-state index contributed by atoms with van der Waals surface area (Å²) in [6.07, 6.45) is 0. The molecule has 142 valence electrons. The van der Waals surface area contributed by atoms with E-state index in [1.165, 1.54) is 12.0 Å². The fourth-order valence-corrected chi connectivity index (χ4v) is 3.29. The lowest BCUT2D eigenvalue weighted by Crippen LogP contribution is -2.51.